The Balaban J connectivity index is 1.64. The van der Waals surface area contributed by atoms with E-state index in [9.17, 15) is 4.79 Å². The van der Waals surface area contributed by atoms with Crippen LogP contribution in [0.4, 0.5) is 5.82 Å². The molecule has 0 fully saturated rings. The van der Waals surface area contributed by atoms with Gasteiger partial charge in [0.15, 0.2) is 5.43 Å². The van der Waals surface area contributed by atoms with Crippen molar-refractivity contribution in [2.75, 3.05) is 11.2 Å². The molecule has 0 aliphatic carbocycles. The molecule has 6 heteroatoms. The molecule has 0 amide bonds. The van der Waals surface area contributed by atoms with Crippen molar-refractivity contribution in [3.8, 4) is 0 Å². The molecule has 0 spiro atoms. The number of anilines is 1. The highest BCUT2D eigenvalue weighted by atomic mass is 32.2. The van der Waals surface area contributed by atoms with Gasteiger partial charge in [0.2, 0.25) is 0 Å². The van der Waals surface area contributed by atoms with Crippen molar-refractivity contribution in [2.24, 2.45) is 4.99 Å². The number of hydrogen-bond acceptors (Lipinski definition) is 6. The van der Waals surface area contributed by atoms with Crippen molar-refractivity contribution in [2.45, 2.75) is 11.8 Å². The van der Waals surface area contributed by atoms with E-state index in [1.54, 1.807) is 35.9 Å². The summed E-state index contributed by atoms with van der Waals surface area (Å²) in [6.45, 7) is 5.55. The van der Waals surface area contributed by atoms with Gasteiger partial charge >= 0.3 is 0 Å². The van der Waals surface area contributed by atoms with Crippen molar-refractivity contribution >= 4 is 46.8 Å². The molecule has 2 aromatic carbocycles. The summed E-state index contributed by atoms with van der Waals surface area (Å²) in [6, 6.07) is 9.66. The maximum absolute atomic E-state index is 11.5. The van der Waals surface area contributed by atoms with Crippen LogP contribution >= 0.6 is 23.5 Å². The quantitative estimate of drug-likeness (QED) is 0.397. The van der Waals surface area contributed by atoms with Gasteiger partial charge in [0.1, 0.15) is 5.82 Å². The molecule has 116 valence electrons. The largest absolute Gasteiger partial charge is 0.361 e. The maximum Gasteiger partial charge on any atom is 0.194 e. The molecule has 0 atom stereocenters. The second kappa shape index (κ2) is 7.02. The summed E-state index contributed by atoms with van der Waals surface area (Å²) < 4.78 is 1.01. The van der Waals surface area contributed by atoms with E-state index in [1.165, 1.54) is 0 Å². The number of aliphatic imine (C=N–C) groups is 1. The first-order valence-corrected chi connectivity index (χ1v) is 8.80. The number of hydrogen-bond donors (Lipinski definition) is 1. The van der Waals surface area contributed by atoms with Gasteiger partial charge in [-0.25, -0.2) is 4.98 Å². The average molecular weight is 341 g/mol. The Morgan fingerprint density at radius 2 is 2.22 bits per heavy atom. The van der Waals surface area contributed by atoms with Crippen LogP contribution in [0.15, 0.2) is 61.6 Å². The SMILES string of the molecule is C=N/C=C(\SCNc1ccccn1)Sc1cc2c(=O)c2cc1C. The minimum atomic E-state index is 0.164. The molecule has 0 unspecified atom stereocenters. The highest BCUT2D eigenvalue weighted by molar-refractivity contribution is 8.22. The average Bonchev–Trinajstić information content (AvgIpc) is 3.17. The third-order valence-corrected chi connectivity index (χ3v) is 5.53. The number of pyridine rings is 1. The highest BCUT2D eigenvalue weighted by Crippen LogP contribution is 2.38. The number of benzene rings is 1. The molecule has 1 N–H and O–H groups in total. The van der Waals surface area contributed by atoms with E-state index in [1.807, 2.05) is 37.3 Å². The molecule has 1 heterocycles. The summed E-state index contributed by atoms with van der Waals surface area (Å²) >= 11 is 3.22. The fraction of sp³-hybridized carbons (Fsp3) is 0.118. The smallest absolute Gasteiger partial charge is 0.194 e. The van der Waals surface area contributed by atoms with E-state index in [4.69, 9.17) is 0 Å². The second-order valence-corrected chi connectivity index (χ2v) is 7.26. The Kier molecular flexibility index (Phi) is 4.83. The molecule has 3 rings (SSSR count). The zero-order chi connectivity index (χ0) is 16.2. The molecular weight excluding hydrogens is 326 g/mol. The fourth-order valence-electron chi connectivity index (χ4n) is 2.05. The molecule has 4 nitrogen and oxygen atoms in total. The third kappa shape index (κ3) is 3.83. The lowest BCUT2D eigenvalue weighted by molar-refractivity contribution is 1.27. The van der Waals surface area contributed by atoms with Crippen LogP contribution in [-0.4, -0.2) is 17.6 Å². The first-order chi connectivity index (χ1) is 11.2. The van der Waals surface area contributed by atoms with E-state index < -0.39 is 0 Å². The van der Waals surface area contributed by atoms with Crippen LogP contribution in [-0.2, 0) is 0 Å². The molecule has 0 aliphatic heterocycles. The van der Waals surface area contributed by atoms with Crippen molar-refractivity contribution in [1.29, 1.82) is 0 Å². The van der Waals surface area contributed by atoms with Gasteiger partial charge in [-0.2, -0.15) is 0 Å². The van der Waals surface area contributed by atoms with Crippen molar-refractivity contribution in [3.63, 3.8) is 0 Å². The van der Waals surface area contributed by atoms with Gasteiger partial charge < -0.3 is 5.32 Å². The highest BCUT2D eigenvalue weighted by Gasteiger charge is 2.15. The zero-order valence-electron chi connectivity index (χ0n) is 12.6. The van der Waals surface area contributed by atoms with Crippen molar-refractivity contribution in [1.82, 2.24) is 4.98 Å². The van der Waals surface area contributed by atoms with Crippen molar-refractivity contribution < 1.29 is 0 Å². The minimum absolute atomic E-state index is 0.164. The van der Waals surface area contributed by atoms with Crippen LogP contribution in [0.25, 0.3) is 10.8 Å². The minimum Gasteiger partial charge on any atom is -0.361 e. The Bertz CT molecular complexity index is 880. The summed E-state index contributed by atoms with van der Waals surface area (Å²) in [5.74, 6) is 1.51. The van der Waals surface area contributed by atoms with E-state index in [0.29, 0.717) is 5.88 Å². The lowest BCUT2D eigenvalue weighted by atomic mass is 10.2. The monoisotopic (exact) mass is 341 g/mol. The molecule has 1 aromatic heterocycles. The number of rotatable bonds is 7. The Morgan fingerprint density at radius 1 is 1.39 bits per heavy atom. The second-order valence-electron chi connectivity index (χ2n) is 4.91. The molecular formula is C17H15N3OS2. The predicted molar refractivity (Wildman–Crippen MR) is 101 cm³/mol. The lowest BCUT2D eigenvalue weighted by Crippen LogP contribution is -1.98. The summed E-state index contributed by atoms with van der Waals surface area (Å²) in [6.07, 6.45) is 3.49. The fourth-order valence-corrected chi connectivity index (χ4v) is 3.99. The summed E-state index contributed by atoms with van der Waals surface area (Å²) in [4.78, 5) is 20.7. The first kappa shape index (κ1) is 15.8. The normalized spacial score (nSPS) is 12.0. The Morgan fingerprint density at radius 3 is 2.96 bits per heavy atom. The van der Waals surface area contributed by atoms with Gasteiger partial charge in [0.25, 0.3) is 0 Å². The van der Waals surface area contributed by atoms with Gasteiger partial charge in [0.05, 0.1) is 10.1 Å². The molecule has 0 saturated heterocycles. The number of aromatic nitrogens is 1. The number of aryl methyl sites for hydroxylation is 1. The Labute approximate surface area is 142 Å². The van der Waals surface area contributed by atoms with Crippen LogP contribution in [0.2, 0.25) is 0 Å². The molecule has 0 saturated carbocycles. The number of fused-ring (bicyclic) bond motifs is 1. The van der Waals surface area contributed by atoms with Crippen LogP contribution in [0.3, 0.4) is 0 Å². The van der Waals surface area contributed by atoms with Gasteiger partial charge in [-0.1, -0.05) is 29.6 Å². The van der Waals surface area contributed by atoms with Gasteiger partial charge in [-0.15, -0.1) is 0 Å². The molecule has 0 bridgehead atoms. The van der Waals surface area contributed by atoms with Crippen LogP contribution in [0.1, 0.15) is 5.56 Å². The standard InChI is InChI=1S/C17H15N3OS2/c1-11-7-12-13(17(12)21)8-14(11)23-16(9-18-2)22-10-20-15-5-3-4-6-19-15/h3-9H,2,10H2,1H3,(H,19,20)/b16-9+. The van der Waals surface area contributed by atoms with E-state index in [0.717, 1.165) is 31.3 Å². The summed E-state index contributed by atoms with van der Waals surface area (Å²) in [7, 11) is 0. The van der Waals surface area contributed by atoms with Gasteiger partial charge in [-0.3, -0.25) is 9.79 Å². The van der Waals surface area contributed by atoms with Crippen molar-refractivity contribution in [3.05, 3.63) is 62.8 Å². The third-order valence-electron chi connectivity index (χ3n) is 3.28. The van der Waals surface area contributed by atoms with Crippen LogP contribution in [0.5, 0.6) is 0 Å². The summed E-state index contributed by atoms with van der Waals surface area (Å²) in [5, 5.41) is 4.93. The number of nitrogens with zero attached hydrogens (tertiary/aromatic N) is 2. The maximum atomic E-state index is 11.5. The summed E-state index contributed by atoms with van der Waals surface area (Å²) in [5.41, 5.74) is 1.27. The van der Waals surface area contributed by atoms with Crippen LogP contribution in [0, 0.1) is 6.92 Å². The van der Waals surface area contributed by atoms with Gasteiger partial charge in [-0.05, 0) is 43.5 Å². The van der Waals surface area contributed by atoms with Gasteiger partial charge in [0, 0.05) is 28.1 Å². The zero-order valence-corrected chi connectivity index (χ0v) is 14.2. The molecule has 3 aromatic rings. The Hall–Kier alpha value is -2.05. The van der Waals surface area contributed by atoms with E-state index in [2.05, 4.69) is 22.0 Å². The topological polar surface area (TPSA) is 54.4 Å². The predicted octanol–water partition coefficient (Wildman–Crippen LogP) is 4.17. The van der Waals surface area contributed by atoms with Crippen LogP contribution < -0.4 is 10.7 Å². The first-order valence-electron chi connectivity index (χ1n) is 7.00. The lowest BCUT2D eigenvalue weighted by Gasteiger charge is -2.09. The molecule has 0 radical (unpaired) electrons. The van der Waals surface area contributed by atoms with E-state index in [-0.39, 0.29) is 5.43 Å². The number of nitrogens with one attached hydrogen (secondary N) is 1. The molecule has 23 heavy (non-hydrogen) atoms. The van der Waals surface area contributed by atoms with E-state index >= 15 is 0 Å². The number of thioether (sulfide) groups is 2. The molecule has 0 aliphatic rings.